The lowest BCUT2D eigenvalue weighted by Gasteiger charge is -2.33. The van der Waals surface area contributed by atoms with Gasteiger partial charge in [0.15, 0.2) is 0 Å². The summed E-state index contributed by atoms with van der Waals surface area (Å²) in [6.45, 7) is 0. The Morgan fingerprint density at radius 3 is 3.00 bits per heavy atom. The van der Waals surface area contributed by atoms with Gasteiger partial charge < -0.3 is 10.5 Å². The van der Waals surface area contributed by atoms with Gasteiger partial charge in [-0.05, 0) is 42.5 Å². The van der Waals surface area contributed by atoms with Crippen molar-refractivity contribution in [1.29, 1.82) is 0 Å². The maximum absolute atomic E-state index is 11.8. The van der Waals surface area contributed by atoms with Gasteiger partial charge in [-0.1, -0.05) is 17.7 Å². The minimum absolute atomic E-state index is 0.379. The normalized spacial score (nSPS) is 23.7. The molecule has 2 rings (SSSR count). The number of methoxy groups -OCH3 is 1. The largest absolute Gasteiger partial charge is 0.467 e. The van der Waals surface area contributed by atoms with E-state index in [-0.39, 0.29) is 5.97 Å². The molecule has 0 aliphatic heterocycles. The van der Waals surface area contributed by atoms with E-state index in [1.54, 1.807) is 6.07 Å². The molecule has 1 atom stereocenters. The van der Waals surface area contributed by atoms with Crippen molar-refractivity contribution < 1.29 is 9.53 Å². The van der Waals surface area contributed by atoms with Crippen molar-refractivity contribution in [3.05, 3.63) is 34.3 Å². The first kappa shape index (κ1) is 11.4. The molecule has 0 bridgehead atoms. The Balaban J connectivity index is 2.51. The van der Waals surface area contributed by atoms with Gasteiger partial charge in [-0.15, -0.1) is 0 Å². The Bertz CT molecular complexity index is 433. The van der Waals surface area contributed by atoms with E-state index in [4.69, 9.17) is 22.1 Å². The second-order valence-corrected chi connectivity index (χ2v) is 4.55. The van der Waals surface area contributed by atoms with Crippen LogP contribution in [0.1, 0.15) is 24.0 Å². The third-order valence-electron chi connectivity index (χ3n) is 3.11. The van der Waals surface area contributed by atoms with Gasteiger partial charge in [0, 0.05) is 5.02 Å². The molecule has 0 aromatic heterocycles. The van der Waals surface area contributed by atoms with Gasteiger partial charge in [-0.25, -0.2) is 4.79 Å². The number of fused-ring (bicyclic) bond motifs is 1. The van der Waals surface area contributed by atoms with Gasteiger partial charge in [0.05, 0.1) is 7.11 Å². The van der Waals surface area contributed by atoms with Crippen molar-refractivity contribution in [3.63, 3.8) is 0 Å². The summed E-state index contributed by atoms with van der Waals surface area (Å²) < 4.78 is 4.78. The molecular formula is C12H14ClNO2. The molecule has 1 unspecified atom stereocenters. The summed E-state index contributed by atoms with van der Waals surface area (Å²) >= 11 is 5.93. The van der Waals surface area contributed by atoms with Gasteiger partial charge >= 0.3 is 5.97 Å². The fraction of sp³-hybridized carbons (Fsp3) is 0.417. The lowest BCUT2D eigenvalue weighted by atomic mass is 9.77. The molecule has 2 N–H and O–H groups in total. The molecule has 0 fully saturated rings. The number of esters is 1. The minimum atomic E-state index is -1.01. The number of aryl methyl sites for hydroxylation is 1. The lowest BCUT2D eigenvalue weighted by Crippen LogP contribution is -2.48. The zero-order valence-corrected chi connectivity index (χ0v) is 9.88. The summed E-state index contributed by atoms with van der Waals surface area (Å²) in [5.41, 5.74) is 7.04. The monoisotopic (exact) mass is 239 g/mol. The fourth-order valence-corrected chi connectivity index (χ4v) is 2.49. The second-order valence-electron chi connectivity index (χ2n) is 4.12. The average molecular weight is 240 g/mol. The summed E-state index contributed by atoms with van der Waals surface area (Å²) in [6.07, 6.45) is 2.40. The number of rotatable bonds is 1. The number of carbonyl (C=O) groups is 1. The molecule has 3 nitrogen and oxygen atoms in total. The number of hydrogen-bond donors (Lipinski definition) is 1. The number of halogens is 1. The van der Waals surface area contributed by atoms with Crippen LogP contribution in [-0.2, 0) is 21.5 Å². The van der Waals surface area contributed by atoms with E-state index >= 15 is 0 Å². The predicted molar refractivity (Wildman–Crippen MR) is 62.3 cm³/mol. The van der Waals surface area contributed by atoms with Gasteiger partial charge in [0.1, 0.15) is 5.54 Å². The van der Waals surface area contributed by atoms with Gasteiger partial charge in [-0.2, -0.15) is 0 Å². The van der Waals surface area contributed by atoms with Crippen molar-refractivity contribution in [1.82, 2.24) is 0 Å². The van der Waals surface area contributed by atoms with E-state index in [1.165, 1.54) is 7.11 Å². The molecule has 0 spiro atoms. The first-order chi connectivity index (χ1) is 7.58. The second kappa shape index (κ2) is 4.07. The Morgan fingerprint density at radius 2 is 2.31 bits per heavy atom. The van der Waals surface area contributed by atoms with Crippen molar-refractivity contribution in [2.75, 3.05) is 7.11 Å². The smallest absolute Gasteiger partial charge is 0.330 e. The summed E-state index contributed by atoms with van der Waals surface area (Å²) in [7, 11) is 1.36. The molecule has 4 heteroatoms. The van der Waals surface area contributed by atoms with Crippen molar-refractivity contribution in [2.45, 2.75) is 24.8 Å². The quantitative estimate of drug-likeness (QED) is 0.763. The summed E-state index contributed by atoms with van der Waals surface area (Å²) in [4.78, 5) is 11.8. The molecule has 0 radical (unpaired) electrons. The van der Waals surface area contributed by atoms with E-state index in [9.17, 15) is 4.79 Å². The summed E-state index contributed by atoms with van der Waals surface area (Å²) in [6, 6.07) is 5.46. The maximum atomic E-state index is 11.8. The standard InChI is InChI=1S/C12H14ClNO2/c1-16-11(15)12(14)6-2-3-8-7-9(13)4-5-10(8)12/h4-5,7H,2-3,6,14H2,1H3. The molecule has 16 heavy (non-hydrogen) atoms. The van der Waals surface area contributed by atoms with E-state index in [0.717, 1.165) is 24.0 Å². The molecule has 1 aromatic rings. The minimum Gasteiger partial charge on any atom is -0.467 e. The van der Waals surface area contributed by atoms with Crippen molar-refractivity contribution in [2.24, 2.45) is 5.73 Å². The van der Waals surface area contributed by atoms with E-state index in [1.807, 2.05) is 12.1 Å². The van der Waals surface area contributed by atoms with E-state index in [0.29, 0.717) is 11.4 Å². The molecule has 0 heterocycles. The molecule has 0 saturated carbocycles. The Labute approximate surface area is 99.5 Å². The van der Waals surface area contributed by atoms with Gasteiger partial charge in [0.25, 0.3) is 0 Å². The number of benzene rings is 1. The average Bonchev–Trinajstić information content (AvgIpc) is 2.27. The molecule has 1 aromatic carbocycles. The van der Waals surface area contributed by atoms with Crippen LogP contribution in [-0.4, -0.2) is 13.1 Å². The third kappa shape index (κ3) is 1.70. The first-order valence-corrected chi connectivity index (χ1v) is 5.62. The number of hydrogen-bond acceptors (Lipinski definition) is 3. The zero-order valence-electron chi connectivity index (χ0n) is 9.13. The highest BCUT2D eigenvalue weighted by molar-refractivity contribution is 6.30. The molecule has 0 saturated heterocycles. The van der Waals surface area contributed by atoms with Gasteiger partial charge in [0.2, 0.25) is 0 Å². The van der Waals surface area contributed by atoms with E-state index < -0.39 is 5.54 Å². The molecular weight excluding hydrogens is 226 g/mol. The topological polar surface area (TPSA) is 52.3 Å². The zero-order chi connectivity index (χ0) is 11.8. The Morgan fingerprint density at radius 1 is 1.56 bits per heavy atom. The van der Waals surface area contributed by atoms with Crippen LogP contribution < -0.4 is 5.73 Å². The molecule has 1 aliphatic carbocycles. The number of ether oxygens (including phenoxy) is 1. The lowest BCUT2D eigenvalue weighted by molar-refractivity contribution is -0.148. The van der Waals surface area contributed by atoms with Gasteiger partial charge in [-0.3, -0.25) is 0 Å². The molecule has 86 valence electrons. The van der Waals surface area contributed by atoms with Crippen LogP contribution in [0.5, 0.6) is 0 Å². The Kier molecular flexibility index (Phi) is 2.91. The van der Waals surface area contributed by atoms with Crippen LogP contribution >= 0.6 is 11.6 Å². The van der Waals surface area contributed by atoms with Crippen molar-refractivity contribution in [3.8, 4) is 0 Å². The highest BCUT2D eigenvalue weighted by atomic mass is 35.5. The summed E-state index contributed by atoms with van der Waals surface area (Å²) in [5.74, 6) is -0.379. The molecule has 1 aliphatic rings. The third-order valence-corrected chi connectivity index (χ3v) is 3.35. The summed E-state index contributed by atoms with van der Waals surface area (Å²) in [5, 5.41) is 0.674. The van der Waals surface area contributed by atoms with E-state index in [2.05, 4.69) is 0 Å². The molecule has 0 amide bonds. The fourth-order valence-electron chi connectivity index (χ4n) is 2.29. The highest BCUT2D eigenvalue weighted by Crippen LogP contribution is 2.35. The van der Waals surface area contributed by atoms with Crippen LogP contribution in [0.2, 0.25) is 5.02 Å². The van der Waals surface area contributed by atoms with Crippen LogP contribution in [0.15, 0.2) is 18.2 Å². The highest BCUT2D eigenvalue weighted by Gasteiger charge is 2.40. The predicted octanol–water partition coefficient (Wildman–Crippen LogP) is 2.00. The number of nitrogens with two attached hydrogens (primary N) is 1. The van der Waals surface area contributed by atoms with Crippen LogP contribution in [0.25, 0.3) is 0 Å². The van der Waals surface area contributed by atoms with Crippen LogP contribution in [0, 0.1) is 0 Å². The van der Waals surface area contributed by atoms with Crippen molar-refractivity contribution >= 4 is 17.6 Å². The maximum Gasteiger partial charge on any atom is 0.330 e. The number of carbonyl (C=O) groups excluding carboxylic acids is 1. The van der Waals surface area contributed by atoms with Crippen LogP contribution in [0.4, 0.5) is 0 Å². The Hall–Kier alpha value is -1.06. The van der Waals surface area contributed by atoms with Crippen LogP contribution in [0.3, 0.4) is 0 Å². The SMILES string of the molecule is COC(=O)C1(N)CCCc2cc(Cl)ccc21. The first-order valence-electron chi connectivity index (χ1n) is 5.24.